The van der Waals surface area contributed by atoms with Crippen LogP contribution < -0.4 is 10.6 Å². The van der Waals surface area contributed by atoms with Gasteiger partial charge in [-0.3, -0.25) is 9.59 Å². The molecule has 206 valence electrons. The summed E-state index contributed by atoms with van der Waals surface area (Å²) >= 11 is 6.44. The number of halogens is 1. The number of nitrogens with zero attached hydrogens (tertiary/aromatic N) is 3. The van der Waals surface area contributed by atoms with E-state index in [1.807, 2.05) is 49.4 Å². The first-order chi connectivity index (χ1) is 19.3. The molecule has 5 rings (SSSR count). The number of hydrogen-bond donors (Lipinski definition) is 4. The largest absolute Gasteiger partial charge is 0.462 e. The van der Waals surface area contributed by atoms with Crippen molar-refractivity contribution in [3.05, 3.63) is 75.9 Å². The highest BCUT2D eigenvalue weighted by molar-refractivity contribution is 6.33. The second kappa shape index (κ2) is 11.5. The van der Waals surface area contributed by atoms with Gasteiger partial charge >= 0.3 is 0 Å². The zero-order valence-corrected chi connectivity index (χ0v) is 22.9. The lowest BCUT2D eigenvalue weighted by atomic mass is 9.81. The number of carbonyl (C=O) groups excluding carboxylic acids is 2. The van der Waals surface area contributed by atoms with E-state index in [2.05, 4.69) is 26.5 Å². The van der Waals surface area contributed by atoms with Crippen LogP contribution in [0.25, 0.3) is 11.3 Å². The number of amides is 2. The van der Waals surface area contributed by atoms with Crippen LogP contribution in [0.2, 0.25) is 5.02 Å². The molecule has 0 radical (unpaired) electrons. The molecule has 4 N–H and O–H groups in total. The van der Waals surface area contributed by atoms with Crippen LogP contribution in [0.5, 0.6) is 0 Å². The minimum absolute atomic E-state index is 0.152. The van der Waals surface area contributed by atoms with E-state index in [1.54, 1.807) is 13.0 Å². The molecule has 1 aliphatic heterocycles. The molecule has 2 atom stereocenters. The van der Waals surface area contributed by atoms with Crippen LogP contribution in [-0.2, 0) is 11.3 Å². The fourth-order valence-electron chi connectivity index (χ4n) is 5.11. The van der Waals surface area contributed by atoms with Gasteiger partial charge in [0.15, 0.2) is 0 Å². The molecular weight excluding hydrogens is 530 g/mol. The first-order valence-corrected chi connectivity index (χ1v) is 13.5. The van der Waals surface area contributed by atoms with E-state index in [1.165, 1.54) is 11.1 Å². The SMILES string of the molecule is Cc1cccc([C@@H](CO)NC(=O)[C@@H](C)N2Cc3ccc(-c4nc(NC5CC(C#CO)C5)ncc4Cl)cc3C2=O)c1. The third-order valence-corrected chi connectivity index (χ3v) is 7.77. The van der Waals surface area contributed by atoms with Crippen molar-refractivity contribution in [2.24, 2.45) is 5.92 Å². The molecule has 3 aromatic rings. The van der Waals surface area contributed by atoms with Crippen LogP contribution in [-0.4, -0.2) is 55.6 Å². The number of benzene rings is 2. The second-order valence-corrected chi connectivity index (χ2v) is 10.7. The van der Waals surface area contributed by atoms with Gasteiger partial charge in [-0.05, 0) is 43.9 Å². The second-order valence-electron chi connectivity index (χ2n) is 10.3. The first kappa shape index (κ1) is 27.4. The number of rotatable bonds is 8. The van der Waals surface area contributed by atoms with Gasteiger partial charge in [-0.15, -0.1) is 0 Å². The summed E-state index contributed by atoms with van der Waals surface area (Å²) in [6.07, 6.45) is 5.06. The summed E-state index contributed by atoms with van der Waals surface area (Å²) in [4.78, 5) is 36.9. The number of anilines is 1. The highest BCUT2D eigenvalue weighted by Gasteiger charge is 2.35. The van der Waals surface area contributed by atoms with Crippen molar-refractivity contribution in [1.29, 1.82) is 0 Å². The fraction of sp³-hybridized carbons (Fsp3) is 0.333. The van der Waals surface area contributed by atoms with Crippen LogP contribution in [0.15, 0.2) is 48.7 Å². The summed E-state index contributed by atoms with van der Waals surface area (Å²) in [5.74, 6) is 2.71. The number of carbonyl (C=O) groups is 2. The van der Waals surface area contributed by atoms with Gasteiger partial charge < -0.3 is 25.7 Å². The Morgan fingerprint density at radius 1 is 1.25 bits per heavy atom. The van der Waals surface area contributed by atoms with Crippen molar-refractivity contribution in [2.75, 3.05) is 11.9 Å². The summed E-state index contributed by atoms with van der Waals surface area (Å²) in [6, 6.07) is 11.9. The van der Waals surface area contributed by atoms with E-state index >= 15 is 0 Å². The molecule has 0 unspecified atom stereocenters. The molecule has 2 amide bonds. The molecule has 1 saturated carbocycles. The lowest BCUT2D eigenvalue weighted by Crippen LogP contribution is -2.46. The predicted octanol–water partition coefficient (Wildman–Crippen LogP) is 3.82. The van der Waals surface area contributed by atoms with Gasteiger partial charge in [-0.25, -0.2) is 9.97 Å². The average Bonchev–Trinajstić information content (AvgIpc) is 3.26. The molecule has 0 bridgehead atoms. The highest BCUT2D eigenvalue weighted by Crippen LogP contribution is 2.34. The van der Waals surface area contributed by atoms with Gasteiger partial charge in [0, 0.05) is 29.6 Å². The van der Waals surface area contributed by atoms with Crippen LogP contribution in [0.4, 0.5) is 5.95 Å². The summed E-state index contributed by atoms with van der Waals surface area (Å²) < 4.78 is 0. The Balaban J connectivity index is 1.29. The Bertz CT molecular complexity index is 1510. The Kier molecular flexibility index (Phi) is 7.92. The van der Waals surface area contributed by atoms with E-state index < -0.39 is 12.1 Å². The van der Waals surface area contributed by atoms with Gasteiger partial charge in [-0.2, -0.15) is 0 Å². The van der Waals surface area contributed by atoms with Gasteiger partial charge in [0.2, 0.25) is 11.9 Å². The van der Waals surface area contributed by atoms with Crippen molar-refractivity contribution >= 4 is 29.4 Å². The maximum absolute atomic E-state index is 13.4. The number of aliphatic hydroxyl groups excluding tert-OH is 2. The molecule has 0 saturated heterocycles. The van der Waals surface area contributed by atoms with Gasteiger partial charge in [0.25, 0.3) is 5.91 Å². The molecule has 1 aliphatic carbocycles. The van der Waals surface area contributed by atoms with Crippen molar-refractivity contribution in [3.8, 4) is 23.3 Å². The van der Waals surface area contributed by atoms with E-state index in [9.17, 15) is 14.7 Å². The van der Waals surface area contributed by atoms with Gasteiger partial charge in [0.05, 0.1) is 29.6 Å². The number of aryl methyl sites for hydroxylation is 1. The van der Waals surface area contributed by atoms with Crippen molar-refractivity contribution in [3.63, 3.8) is 0 Å². The quantitative estimate of drug-likeness (QED) is 0.309. The minimum Gasteiger partial charge on any atom is -0.462 e. The third-order valence-electron chi connectivity index (χ3n) is 7.49. The van der Waals surface area contributed by atoms with Crippen LogP contribution >= 0.6 is 11.6 Å². The summed E-state index contributed by atoms with van der Waals surface area (Å²) in [5.41, 5.74) is 4.28. The van der Waals surface area contributed by atoms with Crippen LogP contribution in [0.3, 0.4) is 0 Å². The molecule has 10 heteroatoms. The highest BCUT2D eigenvalue weighted by atomic mass is 35.5. The number of nitrogens with one attached hydrogen (secondary N) is 2. The zero-order valence-electron chi connectivity index (χ0n) is 22.2. The van der Waals surface area contributed by atoms with Crippen LogP contribution in [0, 0.1) is 24.9 Å². The maximum atomic E-state index is 13.4. The molecule has 0 spiro atoms. The lowest BCUT2D eigenvalue weighted by molar-refractivity contribution is -0.126. The van der Waals surface area contributed by atoms with E-state index in [4.69, 9.17) is 16.7 Å². The smallest absolute Gasteiger partial charge is 0.255 e. The number of aliphatic hydroxyl groups is 2. The topological polar surface area (TPSA) is 128 Å². The van der Waals surface area contributed by atoms with Crippen LogP contribution in [0.1, 0.15) is 52.9 Å². The number of fused-ring (bicyclic) bond motifs is 1. The summed E-state index contributed by atoms with van der Waals surface area (Å²) in [6.45, 7) is 3.66. The third kappa shape index (κ3) is 5.60. The number of hydrogen-bond acceptors (Lipinski definition) is 7. The van der Waals surface area contributed by atoms with E-state index in [0.717, 1.165) is 29.5 Å². The van der Waals surface area contributed by atoms with Crippen molar-refractivity contribution in [2.45, 2.75) is 51.4 Å². The predicted molar refractivity (Wildman–Crippen MR) is 151 cm³/mol. The molecule has 1 fully saturated rings. The van der Waals surface area contributed by atoms with Gasteiger partial charge in [0.1, 0.15) is 12.1 Å². The lowest BCUT2D eigenvalue weighted by Gasteiger charge is -2.32. The normalized spacial score (nSPS) is 19.1. The van der Waals surface area contributed by atoms with Gasteiger partial charge in [-0.1, -0.05) is 59.5 Å². The van der Waals surface area contributed by atoms with Crippen molar-refractivity contribution in [1.82, 2.24) is 20.2 Å². The summed E-state index contributed by atoms with van der Waals surface area (Å²) in [5, 5.41) is 25.1. The van der Waals surface area contributed by atoms with Crippen molar-refractivity contribution < 1.29 is 19.8 Å². The Morgan fingerprint density at radius 3 is 2.77 bits per heavy atom. The Morgan fingerprint density at radius 2 is 2.05 bits per heavy atom. The monoisotopic (exact) mass is 559 g/mol. The Labute approximate surface area is 237 Å². The fourth-order valence-corrected chi connectivity index (χ4v) is 5.31. The minimum atomic E-state index is -0.748. The first-order valence-electron chi connectivity index (χ1n) is 13.1. The zero-order chi connectivity index (χ0) is 28.4. The summed E-state index contributed by atoms with van der Waals surface area (Å²) in [7, 11) is 0. The standard InChI is InChI=1S/C30H30ClN5O4/c1-17-4-3-5-20(10-17)26(16-38)34-28(39)18(2)36-15-22-7-6-21(13-24(22)29(36)40)27-25(31)14-32-30(35-27)33-23-11-19(12-23)8-9-37/h3-7,10,13-14,18-19,23,26,37-38H,11-12,15-16H2,1-2H3,(H,34,39)(H,32,33,35)/t18-,19?,23?,26-/m1/s1. The molecular formula is C30H30ClN5O4. The Hall–Kier alpha value is -4.13. The maximum Gasteiger partial charge on any atom is 0.255 e. The molecule has 2 aliphatic rings. The molecule has 2 heterocycles. The molecule has 40 heavy (non-hydrogen) atoms. The molecule has 1 aromatic heterocycles. The molecule has 2 aromatic carbocycles. The molecule has 9 nitrogen and oxygen atoms in total. The van der Waals surface area contributed by atoms with E-state index in [0.29, 0.717) is 34.3 Å². The number of aromatic nitrogens is 2. The average molecular weight is 560 g/mol. The van der Waals surface area contributed by atoms with E-state index in [-0.39, 0.29) is 30.4 Å².